The minimum Gasteiger partial charge on any atom is -0.494 e. The first-order chi connectivity index (χ1) is 11.0. The van der Waals surface area contributed by atoms with Crippen molar-refractivity contribution in [2.75, 3.05) is 17.5 Å². The molecule has 6 heteroatoms. The van der Waals surface area contributed by atoms with Crippen LogP contribution < -0.4 is 13.8 Å². The van der Waals surface area contributed by atoms with Gasteiger partial charge in [-0.15, -0.1) is 0 Å². The molecule has 0 radical (unpaired) electrons. The van der Waals surface area contributed by atoms with Crippen LogP contribution in [0.2, 0.25) is 0 Å². The Morgan fingerprint density at radius 1 is 1.17 bits per heavy atom. The summed E-state index contributed by atoms with van der Waals surface area (Å²) in [4.78, 5) is 0.240. The molecular weight excluding hydrogens is 314 g/mol. The topological polar surface area (TPSA) is 55.8 Å². The molecule has 1 heterocycles. The molecule has 5 nitrogen and oxygen atoms in total. The first kappa shape index (κ1) is 15.7. The fourth-order valence-corrected chi connectivity index (χ4v) is 4.28. The minimum atomic E-state index is -3.66. The van der Waals surface area contributed by atoms with Crippen molar-refractivity contribution in [1.29, 1.82) is 0 Å². The molecule has 1 aliphatic rings. The van der Waals surface area contributed by atoms with Crippen LogP contribution in [0.3, 0.4) is 0 Å². The van der Waals surface area contributed by atoms with Gasteiger partial charge in [-0.05, 0) is 50.2 Å². The van der Waals surface area contributed by atoms with E-state index in [9.17, 15) is 8.42 Å². The third-order valence-corrected chi connectivity index (χ3v) is 5.62. The quantitative estimate of drug-likeness (QED) is 0.863. The molecular formula is C17H19NO4S. The number of nitrogens with zero attached hydrogens (tertiary/aromatic N) is 1. The molecule has 1 atom stereocenters. The third-order valence-electron chi connectivity index (χ3n) is 3.67. The van der Waals surface area contributed by atoms with Crippen LogP contribution >= 0.6 is 0 Å². The van der Waals surface area contributed by atoms with Gasteiger partial charge in [0, 0.05) is 0 Å². The van der Waals surface area contributed by atoms with E-state index in [1.54, 1.807) is 42.5 Å². The Morgan fingerprint density at radius 3 is 2.57 bits per heavy atom. The molecule has 0 fully saturated rings. The fourth-order valence-electron chi connectivity index (χ4n) is 2.63. The Morgan fingerprint density at radius 2 is 1.87 bits per heavy atom. The highest BCUT2D eigenvalue weighted by Gasteiger charge is 2.34. The van der Waals surface area contributed by atoms with E-state index in [0.717, 1.165) is 0 Å². The van der Waals surface area contributed by atoms with Crippen LogP contribution in [0.4, 0.5) is 5.69 Å². The highest BCUT2D eigenvalue weighted by molar-refractivity contribution is 7.92. The summed E-state index contributed by atoms with van der Waals surface area (Å²) in [6, 6.07) is 13.4. The summed E-state index contributed by atoms with van der Waals surface area (Å²) in [5, 5.41) is 0. The summed E-state index contributed by atoms with van der Waals surface area (Å²) in [5.41, 5.74) is 0.570. The lowest BCUT2D eigenvalue weighted by Gasteiger charge is -2.35. The summed E-state index contributed by atoms with van der Waals surface area (Å²) in [6.07, 6.45) is 0. The second-order valence-electron chi connectivity index (χ2n) is 5.33. The summed E-state index contributed by atoms with van der Waals surface area (Å²) >= 11 is 0. The van der Waals surface area contributed by atoms with Gasteiger partial charge in [0.1, 0.15) is 18.1 Å². The summed E-state index contributed by atoms with van der Waals surface area (Å²) in [7, 11) is -3.66. The molecule has 2 aromatic carbocycles. The number of hydrogen-bond acceptors (Lipinski definition) is 4. The molecule has 3 rings (SSSR count). The highest BCUT2D eigenvalue weighted by Crippen LogP contribution is 2.37. The number of fused-ring (bicyclic) bond motifs is 1. The fraction of sp³-hybridized carbons (Fsp3) is 0.294. The van der Waals surface area contributed by atoms with Crippen molar-refractivity contribution in [2.45, 2.75) is 24.8 Å². The Hall–Kier alpha value is -2.21. The molecule has 2 aromatic rings. The summed E-state index contributed by atoms with van der Waals surface area (Å²) in [5.74, 6) is 1.24. The zero-order valence-electron chi connectivity index (χ0n) is 13.1. The van der Waals surface area contributed by atoms with Crippen LogP contribution in [0.15, 0.2) is 53.4 Å². The van der Waals surface area contributed by atoms with E-state index in [4.69, 9.17) is 9.47 Å². The monoisotopic (exact) mass is 333 g/mol. The number of benzene rings is 2. The third kappa shape index (κ3) is 2.86. The van der Waals surface area contributed by atoms with Crippen LogP contribution in [0, 0.1) is 0 Å². The highest BCUT2D eigenvalue weighted by atomic mass is 32.2. The van der Waals surface area contributed by atoms with E-state index in [1.807, 2.05) is 19.9 Å². The predicted molar refractivity (Wildman–Crippen MR) is 88.7 cm³/mol. The molecule has 0 amide bonds. The van der Waals surface area contributed by atoms with Crippen LogP contribution in [0.25, 0.3) is 0 Å². The molecule has 0 saturated heterocycles. The lowest BCUT2D eigenvalue weighted by Crippen LogP contribution is -2.44. The normalized spacial score (nSPS) is 17.3. The van der Waals surface area contributed by atoms with Crippen molar-refractivity contribution >= 4 is 15.7 Å². The average molecular weight is 333 g/mol. The van der Waals surface area contributed by atoms with E-state index in [-0.39, 0.29) is 10.9 Å². The van der Waals surface area contributed by atoms with Crippen LogP contribution in [-0.2, 0) is 10.0 Å². The van der Waals surface area contributed by atoms with Crippen LogP contribution in [0.1, 0.15) is 13.8 Å². The van der Waals surface area contributed by atoms with E-state index >= 15 is 0 Å². The van der Waals surface area contributed by atoms with Gasteiger partial charge in [-0.2, -0.15) is 0 Å². The molecule has 0 aromatic heterocycles. The maximum atomic E-state index is 13.1. The Labute approximate surface area is 136 Å². The average Bonchev–Trinajstić information content (AvgIpc) is 2.55. The predicted octanol–water partition coefficient (Wildman–Crippen LogP) is 3.06. The van der Waals surface area contributed by atoms with Gasteiger partial charge in [0.25, 0.3) is 10.0 Å². The van der Waals surface area contributed by atoms with E-state index < -0.39 is 10.0 Å². The molecule has 0 aliphatic carbocycles. The van der Waals surface area contributed by atoms with Crippen LogP contribution in [-0.4, -0.2) is 27.7 Å². The molecule has 23 heavy (non-hydrogen) atoms. The first-order valence-electron chi connectivity index (χ1n) is 7.53. The van der Waals surface area contributed by atoms with Crippen molar-refractivity contribution in [2.24, 2.45) is 0 Å². The van der Waals surface area contributed by atoms with Crippen molar-refractivity contribution in [3.05, 3.63) is 48.5 Å². The SMILES string of the molecule is CCOc1ccc(S(=O)(=O)N2c3ccccc3OCC2C)cc1. The zero-order valence-corrected chi connectivity index (χ0v) is 13.9. The van der Waals surface area contributed by atoms with Crippen molar-refractivity contribution < 1.29 is 17.9 Å². The van der Waals surface area contributed by atoms with Crippen molar-refractivity contribution in [3.8, 4) is 11.5 Å². The van der Waals surface area contributed by atoms with Gasteiger partial charge in [-0.25, -0.2) is 8.42 Å². The van der Waals surface area contributed by atoms with E-state index in [0.29, 0.717) is 30.4 Å². The van der Waals surface area contributed by atoms with Gasteiger partial charge >= 0.3 is 0 Å². The van der Waals surface area contributed by atoms with Gasteiger partial charge in [0.05, 0.1) is 23.2 Å². The maximum absolute atomic E-state index is 13.1. The minimum absolute atomic E-state index is 0.240. The number of sulfonamides is 1. The Bertz CT molecular complexity index is 786. The lowest BCUT2D eigenvalue weighted by molar-refractivity contribution is 0.281. The number of para-hydroxylation sites is 2. The molecule has 0 bridgehead atoms. The van der Waals surface area contributed by atoms with Crippen molar-refractivity contribution in [3.63, 3.8) is 0 Å². The summed E-state index contributed by atoms with van der Waals surface area (Å²) < 4.78 is 38.5. The Balaban J connectivity index is 2.02. The number of anilines is 1. The van der Waals surface area contributed by atoms with Gasteiger partial charge in [-0.3, -0.25) is 4.31 Å². The standard InChI is InChI=1S/C17H19NO4S/c1-3-21-14-8-10-15(11-9-14)23(19,20)18-13(2)12-22-17-7-5-4-6-16(17)18/h4-11,13H,3,12H2,1-2H3. The van der Waals surface area contributed by atoms with E-state index in [2.05, 4.69) is 0 Å². The van der Waals surface area contributed by atoms with Gasteiger partial charge in [0.15, 0.2) is 0 Å². The molecule has 0 spiro atoms. The second kappa shape index (κ2) is 6.12. The lowest BCUT2D eigenvalue weighted by atomic mass is 10.2. The molecule has 1 unspecified atom stereocenters. The Kier molecular flexibility index (Phi) is 4.17. The molecule has 0 N–H and O–H groups in total. The number of rotatable bonds is 4. The number of hydrogen-bond donors (Lipinski definition) is 0. The molecule has 122 valence electrons. The van der Waals surface area contributed by atoms with Crippen LogP contribution in [0.5, 0.6) is 11.5 Å². The number of ether oxygens (including phenoxy) is 2. The first-order valence-corrected chi connectivity index (χ1v) is 8.97. The van der Waals surface area contributed by atoms with E-state index in [1.165, 1.54) is 4.31 Å². The molecule has 0 saturated carbocycles. The second-order valence-corrected chi connectivity index (χ2v) is 7.15. The summed E-state index contributed by atoms with van der Waals surface area (Å²) in [6.45, 7) is 4.59. The van der Waals surface area contributed by atoms with Gasteiger partial charge in [-0.1, -0.05) is 12.1 Å². The smallest absolute Gasteiger partial charge is 0.264 e. The van der Waals surface area contributed by atoms with Gasteiger partial charge < -0.3 is 9.47 Å². The zero-order chi connectivity index (χ0) is 16.4. The largest absolute Gasteiger partial charge is 0.494 e. The van der Waals surface area contributed by atoms with Crippen molar-refractivity contribution in [1.82, 2.24) is 0 Å². The maximum Gasteiger partial charge on any atom is 0.264 e. The molecule has 1 aliphatic heterocycles. The van der Waals surface area contributed by atoms with Gasteiger partial charge in [0.2, 0.25) is 0 Å².